The molecule has 2 nitrogen and oxygen atoms in total. The van der Waals surface area contributed by atoms with Crippen LogP contribution in [-0.2, 0) is 11.2 Å². The van der Waals surface area contributed by atoms with Crippen molar-refractivity contribution in [1.29, 1.82) is 0 Å². The fourth-order valence-electron chi connectivity index (χ4n) is 2.67. The number of ether oxygens (including phenoxy) is 1. The van der Waals surface area contributed by atoms with E-state index in [1.54, 1.807) is 0 Å². The van der Waals surface area contributed by atoms with Gasteiger partial charge in [-0.2, -0.15) is 0 Å². The van der Waals surface area contributed by atoms with Crippen LogP contribution in [0.1, 0.15) is 32.8 Å². The molecule has 2 rings (SSSR count). The molecule has 92 valence electrons. The number of rotatable bonds is 2. The minimum absolute atomic E-state index is 0.00113. The second-order valence-corrected chi connectivity index (χ2v) is 6.06. The number of hydrogen-bond donors (Lipinski definition) is 1. The third-order valence-electron chi connectivity index (χ3n) is 3.02. The molecule has 1 aromatic rings. The lowest BCUT2D eigenvalue weighted by molar-refractivity contribution is 0.0130. The molecule has 0 bridgehead atoms. The van der Waals surface area contributed by atoms with Crippen LogP contribution in [0.25, 0.3) is 0 Å². The van der Waals surface area contributed by atoms with E-state index < -0.39 is 0 Å². The molecule has 0 saturated carbocycles. The van der Waals surface area contributed by atoms with Gasteiger partial charge >= 0.3 is 0 Å². The zero-order valence-electron chi connectivity index (χ0n) is 10.6. The van der Waals surface area contributed by atoms with Crippen molar-refractivity contribution in [2.75, 3.05) is 0 Å². The number of thiocarbonyl (C=S) groups is 1. The first-order valence-electron chi connectivity index (χ1n) is 5.94. The van der Waals surface area contributed by atoms with Crippen molar-refractivity contribution in [2.45, 2.75) is 44.8 Å². The Kier molecular flexibility index (Phi) is 3.13. The standard InChI is InChI=1S/C14H19NOS/c1-13(2)10-14(3,16-12(17)15-13)9-11-7-5-4-6-8-11/h4-8H,9-10H2,1-3H3,(H,15,17). The van der Waals surface area contributed by atoms with Gasteiger partial charge in [-0.3, -0.25) is 0 Å². The zero-order chi connectivity index (χ0) is 12.5. The molecule has 0 spiro atoms. The fraction of sp³-hybridized carbons (Fsp3) is 0.500. The lowest BCUT2D eigenvalue weighted by Crippen LogP contribution is -2.57. The van der Waals surface area contributed by atoms with Crippen LogP contribution < -0.4 is 5.32 Å². The lowest BCUT2D eigenvalue weighted by Gasteiger charge is -2.44. The molecule has 3 heteroatoms. The molecule has 1 atom stereocenters. The summed E-state index contributed by atoms with van der Waals surface area (Å²) in [7, 11) is 0. The number of nitrogens with one attached hydrogen (secondary N) is 1. The highest BCUT2D eigenvalue weighted by Crippen LogP contribution is 2.31. The number of hydrogen-bond acceptors (Lipinski definition) is 2. The Hall–Kier alpha value is -1.09. The summed E-state index contributed by atoms with van der Waals surface area (Å²) < 4.78 is 5.83. The van der Waals surface area contributed by atoms with E-state index in [1.807, 2.05) is 6.07 Å². The first-order chi connectivity index (χ1) is 7.89. The van der Waals surface area contributed by atoms with Crippen LogP contribution in [0, 0.1) is 0 Å². The maximum atomic E-state index is 5.83. The van der Waals surface area contributed by atoms with Gasteiger partial charge in [-0.15, -0.1) is 0 Å². The molecule has 1 heterocycles. The van der Waals surface area contributed by atoms with Gasteiger partial charge in [0.25, 0.3) is 5.17 Å². The quantitative estimate of drug-likeness (QED) is 0.814. The third kappa shape index (κ3) is 3.19. The Morgan fingerprint density at radius 3 is 2.47 bits per heavy atom. The van der Waals surface area contributed by atoms with Crippen LogP contribution in [0.15, 0.2) is 30.3 Å². The van der Waals surface area contributed by atoms with Gasteiger partial charge in [0.2, 0.25) is 0 Å². The SMILES string of the molecule is CC1(C)CC(C)(Cc2ccccc2)OC(=S)N1. The van der Waals surface area contributed by atoms with Crippen LogP contribution in [0.2, 0.25) is 0 Å². The molecule has 0 aliphatic carbocycles. The minimum atomic E-state index is -0.215. The summed E-state index contributed by atoms with van der Waals surface area (Å²) in [4.78, 5) is 0. The first-order valence-corrected chi connectivity index (χ1v) is 6.35. The predicted molar refractivity (Wildman–Crippen MR) is 74.1 cm³/mol. The molecule has 1 saturated heterocycles. The van der Waals surface area contributed by atoms with Gasteiger partial charge in [-0.1, -0.05) is 30.3 Å². The normalized spacial score (nSPS) is 27.1. The van der Waals surface area contributed by atoms with Crippen molar-refractivity contribution >= 4 is 17.4 Å². The topological polar surface area (TPSA) is 21.3 Å². The zero-order valence-corrected chi connectivity index (χ0v) is 11.4. The van der Waals surface area contributed by atoms with Crippen molar-refractivity contribution in [3.8, 4) is 0 Å². The maximum Gasteiger partial charge on any atom is 0.257 e. The minimum Gasteiger partial charge on any atom is -0.464 e. The summed E-state index contributed by atoms with van der Waals surface area (Å²) in [6.45, 7) is 6.45. The van der Waals surface area contributed by atoms with E-state index >= 15 is 0 Å². The fourth-order valence-corrected chi connectivity index (χ4v) is 3.14. The molecule has 1 aliphatic rings. The van der Waals surface area contributed by atoms with E-state index in [0.29, 0.717) is 5.17 Å². The molecule has 1 fully saturated rings. The van der Waals surface area contributed by atoms with Crippen LogP contribution in [0.3, 0.4) is 0 Å². The van der Waals surface area contributed by atoms with Gasteiger partial charge in [-0.25, -0.2) is 0 Å². The molecular weight excluding hydrogens is 230 g/mol. The van der Waals surface area contributed by atoms with E-state index in [2.05, 4.69) is 50.4 Å². The van der Waals surface area contributed by atoms with Crippen LogP contribution in [0.4, 0.5) is 0 Å². The largest absolute Gasteiger partial charge is 0.464 e. The summed E-state index contributed by atoms with van der Waals surface area (Å²) in [6, 6.07) is 10.4. The highest BCUT2D eigenvalue weighted by atomic mass is 32.1. The summed E-state index contributed by atoms with van der Waals surface area (Å²) in [5.41, 5.74) is 1.07. The molecule has 0 amide bonds. The molecule has 1 aromatic carbocycles. The van der Waals surface area contributed by atoms with Crippen molar-refractivity contribution in [3.63, 3.8) is 0 Å². The first kappa shape index (κ1) is 12.4. The smallest absolute Gasteiger partial charge is 0.257 e. The van der Waals surface area contributed by atoms with Crippen molar-refractivity contribution in [3.05, 3.63) is 35.9 Å². The van der Waals surface area contributed by atoms with E-state index in [1.165, 1.54) is 5.56 Å². The maximum absolute atomic E-state index is 5.83. The van der Waals surface area contributed by atoms with Crippen molar-refractivity contribution in [1.82, 2.24) is 5.32 Å². The molecule has 17 heavy (non-hydrogen) atoms. The number of benzene rings is 1. The average molecular weight is 249 g/mol. The van der Waals surface area contributed by atoms with Crippen LogP contribution >= 0.6 is 12.2 Å². The van der Waals surface area contributed by atoms with Gasteiger partial charge in [0.1, 0.15) is 5.60 Å². The summed E-state index contributed by atoms with van der Waals surface area (Å²) in [5.74, 6) is 0. The molecule has 0 radical (unpaired) electrons. The monoisotopic (exact) mass is 249 g/mol. The summed E-state index contributed by atoms with van der Waals surface area (Å²) in [6.07, 6.45) is 1.83. The Morgan fingerprint density at radius 2 is 1.88 bits per heavy atom. The van der Waals surface area contributed by atoms with Crippen LogP contribution in [0.5, 0.6) is 0 Å². The van der Waals surface area contributed by atoms with Gasteiger partial charge in [0, 0.05) is 18.4 Å². The highest BCUT2D eigenvalue weighted by molar-refractivity contribution is 7.80. The molecule has 1 aliphatic heterocycles. The lowest BCUT2D eigenvalue weighted by atomic mass is 9.83. The van der Waals surface area contributed by atoms with E-state index in [4.69, 9.17) is 17.0 Å². The Balaban J connectivity index is 2.16. The summed E-state index contributed by atoms with van der Waals surface area (Å²) >= 11 is 5.19. The second-order valence-electron chi connectivity index (χ2n) is 5.69. The Morgan fingerprint density at radius 1 is 1.24 bits per heavy atom. The summed E-state index contributed by atoms with van der Waals surface area (Å²) in [5, 5.41) is 3.72. The van der Waals surface area contributed by atoms with Gasteiger partial charge in [-0.05, 0) is 38.6 Å². The van der Waals surface area contributed by atoms with Gasteiger partial charge in [0.15, 0.2) is 0 Å². The molecule has 1 unspecified atom stereocenters. The van der Waals surface area contributed by atoms with Gasteiger partial charge < -0.3 is 10.1 Å². The van der Waals surface area contributed by atoms with Crippen molar-refractivity contribution in [2.24, 2.45) is 0 Å². The Bertz CT molecular complexity index is 415. The van der Waals surface area contributed by atoms with E-state index in [9.17, 15) is 0 Å². The Labute approximate surface area is 108 Å². The van der Waals surface area contributed by atoms with Crippen LogP contribution in [-0.4, -0.2) is 16.3 Å². The van der Waals surface area contributed by atoms with Crippen molar-refractivity contribution < 1.29 is 4.74 Å². The van der Waals surface area contributed by atoms with Gasteiger partial charge in [0.05, 0.1) is 0 Å². The third-order valence-corrected chi connectivity index (χ3v) is 3.20. The molecular formula is C14H19NOS. The second kappa shape index (κ2) is 4.30. The average Bonchev–Trinajstić information content (AvgIpc) is 2.13. The molecule has 0 aromatic heterocycles. The molecule has 1 N–H and O–H groups in total. The van der Waals surface area contributed by atoms with E-state index in [0.717, 1.165) is 12.8 Å². The van der Waals surface area contributed by atoms with E-state index in [-0.39, 0.29) is 11.1 Å². The highest BCUT2D eigenvalue weighted by Gasteiger charge is 2.40. The predicted octanol–water partition coefficient (Wildman–Crippen LogP) is 3.06.